The molecule has 0 aromatic carbocycles. The summed E-state index contributed by atoms with van der Waals surface area (Å²) in [5.74, 6) is -0.233. The molecule has 2 aromatic rings. The van der Waals surface area contributed by atoms with Gasteiger partial charge in [-0.05, 0) is 23.4 Å². The highest BCUT2D eigenvalue weighted by atomic mass is 32.1. The van der Waals surface area contributed by atoms with E-state index in [1.165, 1.54) is 15.1 Å². The van der Waals surface area contributed by atoms with Gasteiger partial charge in [0, 0.05) is 18.1 Å². The van der Waals surface area contributed by atoms with Gasteiger partial charge >= 0.3 is 0 Å². The van der Waals surface area contributed by atoms with E-state index in [4.69, 9.17) is 5.73 Å². The molecule has 0 atom stereocenters. The van der Waals surface area contributed by atoms with Gasteiger partial charge in [0.2, 0.25) is 0 Å². The number of nitrogen functional groups attached to an aromatic ring is 1. The van der Waals surface area contributed by atoms with Crippen molar-refractivity contribution in [2.24, 2.45) is 7.05 Å². The van der Waals surface area contributed by atoms with Crippen LogP contribution in [0.1, 0.15) is 27.9 Å². The molecule has 0 saturated heterocycles. The lowest BCUT2D eigenvalue weighted by molar-refractivity contribution is 0.0946. The highest BCUT2D eigenvalue weighted by Gasteiger charge is 2.14. The average Bonchev–Trinajstić information content (AvgIpc) is 2.92. The highest BCUT2D eigenvalue weighted by molar-refractivity contribution is 7.10. The molecule has 0 aliphatic carbocycles. The molecule has 2 rings (SSSR count). The second-order valence-electron chi connectivity index (χ2n) is 4.01. The summed E-state index contributed by atoms with van der Waals surface area (Å²) in [5.41, 5.74) is 7.66. The molecule has 96 valence electrons. The van der Waals surface area contributed by atoms with Crippen LogP contribution in [0.3, 0.4) is 0 Å². The van der Waals surface area contributed by atoms with Crippen LogP contribution in [-0.2, 0) is 20.0 Å². The van der Waals surface area contributed by atoms with Crippen LogP contribution in [0.4, 0.5) is 5.69 Å². The number of nitrogens with two attached hydrogens (primary N) is 1. The molecule has 2 aromatic heterocycles. The first-order valence-electron chi connectivity index (χ1n) is 5.74. The van der Waals surface area contributed by atoms with Crippen molar-refractivity contribution in [3.05, 3.63) is 33.8 Å². The van der Waals surface area contributed by atoms with E-state index in [0.717, 1.165) is 6.42 Å². The molecule has 0 bridgehead atoms. The highest BCUT2D eigenvalue weighted by Crippen LogP contribution is 2.17. The number of hydrogen-bond donors (Lipinski definition) is 2. The van der Waals surface area contributed by atoms with Crippen LogP contribution < -0.4 is 11.1 Å². The van der Waals surface area contributed by atoms with Gasteiger partial charge in [-0.25, -0.2) is 0 Å². The summed E-state index contributed by atoms with van der Waals surface area (Å²) >= 11 is 1.65. The van der Waals surface area contributed by atoms with Crippen LogP contribution in [0.25, 0.3) is 0 Å². The van der Waals surface area contributed by atoms with Crippen molar-refractivity contribution in [1.29, 1.82) is 0 Å². The molecule has 0 aliphatic heterocycles. The number of aromatic nitrogens is 2. The SMILES string of the molecule is CCc1ccsc1CNC(=O)c1nn(C)cc1N. The lowest BCUT2D eigenvalue weighted by atomic mass is 10.2. The van der Waals surface area contributed by atoms with Gasteiger partial charge in [0.25, 0.3) is 5.91 Å². The number of hydrogen-bond acceptors (Lipinski definition) is 4. The van der Waals surface area contributed by atoms with Crippen LogP contribution in [0.5, 0.6) is 0 Å². The zero-order valence-electron chi connectivity index (χ0n) is 10.4. The number of carbonyl (C=O) groups excluding carboxylic acids is 1. The third kappa shape index (κ3) is 2.53. The molecule has 0 unspecified atom stereocenters. The fourth-order valence-corrected chi connectivity index (χ4v) is 2.68. The fraction of sp³-hybridized carbons (Fsp3) is 0.333. The molecule has 0 fully saturated rings. The minimum atomic E-state index is -0.233. The Morgan fingerprint density at radius 2 is 2.39 bits per heavy atom. The molecule has 0 saturated carbocycles. The Morgan fingerprint density at radius 3 is 3.00 bits per heavy atom. The number of thiophene rings is 1. The Hall–Kier alpha value is -1.82. The van der Waals surface area contributed by atoms with Gasteiger partial charge in [-0.15, -0.1) is 11.3 Å². The van der Waals surface area contributed by atoms with Crippen LogP contribution in [0.15, 0.2) is 17.6 Å². The average molecular weight is 264 g/mol. The number of anilines is 1. The minimum Gasteiger partial charge on any atom is -0.396 e. The summed E-state index contributed by atoms with van der Waals surface area (Å²) in [5, 5.41) is 8.92. The summed E-state index contributed by atoms with van der Waals surface area (Å²) in [7, 11) is 1.74. The van der Waals surface area contributed by atoms with Gasteiger partial charge < -0.3 is 11.1 Å². The fourth-order valence-electron chi connectivity index (χ4n) is 1.76. The normalized spacial score (nSPS) is 10.6. The van der Waals surface area contributed by atoms with Gasteiger partial charge in [0.1, 0.15) is 0 Å². The van der Waals surface area contributed by atoms with Crippen molar-refractivity contribution in [2.45, 2.75) is 19.9 Å². The van der Waals surface area contributed by atoms with Crippen molar-refractivity contribution in [3.63, 3.8) is 0 Å². The minimum absolute atomic E-state index is 0.233. The number of aryl methyl sites for hydroxylation is 2. The summed E-state index contributed by atoms with van der Waals surface area (Å²) < 4.78 is 1.53. The van der Waals surface area contributed by atoms with E-state index in [0.29, 0.717) is 12.2 Å². The molecule has 3 N–H and O–H groups in total. The Morgan fingerprint density at radius 1 is 1.61 bits per heavy atom. The predicted octanol–water partition coefficient (Wildman–Crippen LogP) is 1.56. The van der Waals surface area contributed by atoms with Gasteiger partial charge in [0.05, 0.1) is 12.2 Å². The van der Waals surface area contributed by atoms with E-state index in [9.17, 15) is 4.79 Å². The first-order valence-corrected chi connectivity index (χ1v) is 6.62. The third-order valence-electron chi connectivity index (χ3n) is 2.70. The molecule has 0 aliphatic rings. The van der Waals surface area contributed by atoms with Crippen LogP contribution in [0.2, 0.25) is 0 Å². The first kappa shape index (κ1) is 12.6. The Balaban J connectivity index is 2.03. The van der Waals surface area contributed by atoms with Crippen molar-refractivity contribution >= 4 is 22.9 Å². The van der Waals surface area contributed by atoms with Crippen molar-refractivity contribution < 1.29 is 4.79 Å². The molecule has 0 radical (unpaired) electrons. The Labute approximate surface area is 110 Å². The van der Waals surface area contributed by atoms with Crippen LogP contribution >= 0.6 is 11.3 Å². The van der Waals surface area contributed by atoms with E-state index < -0.39 is 0 Å². The topological polar surface area (TPSA) is 72.9 Å². The summed E-state index contributed by atoms with van der Waals surface area (Å²) in [6.07, 6.45) is 2.60. The zero-order chi connectivity index (χ0) is 13.1. The molecule has 1 amide bonds. The standard InChI is InChI=1S/C12H16N4OS/c1-3-8-4-5-18-10(8)6-14-12(17)11-9(13)7-16(2)15-11/h4-5,7H,3,6,13H2,1-2H3,(H,14,17). The molecule has 18 heavy (non-hydrogen) atoms. The lowest BCUT2D eigenvalue weighted by Crippen LogP contribution is -2.24. The molecular weight excluding hydrogens is 248 g/mol. The zero-order valence-corrected chi connectivity index (χ0v) is 11.3. The predicted molar refractivity (Wildman–Crippen MR) is 72.5 cm³/mol. The van der Waals surface area contributed by atoms with E-state index in [2.05, 4.69) is 23.4 Å². The van der Waals surface area contributed by atoms with E-state index in [1.54, 1.807) is 24.6 Å². The second-order valence-corrected chi connectivity index (χ2v) is 5.01. The molecular formula is C12H16N4OS. The number of nitrogens with one attached hydrogen (secondary N) is 1. The van der Waals surface area contributed by atoms with E-state index in [-0.39, 0.29) is 11.6 Å². The molecule has 0 spiro atoms. The number of amides is 1. The largest absolute Gasteiger partial charge is 0.396 e. The number of carbonyl (C=O) groups is 1. The van der Waals surface area contributed by atoms with Gasteiger partial charge in [-0.1, -0.05) is 6.92 Å². The second kappa shape index (κ2) is 5.22. The van der Waals surface area contributed by atoms with Crippen LogP contribution in [0, 0.1) is 0 Å². The number of rotatable bonds is 4. The third-order valence-corrected chi connectivity index (χ3v) is 3.66. The quantitative estimate of drug-likeness (QED) is 0.880. The van der Waals surface area contributed by atoms with E-state index >= 15 is 0 Å². The van der Waals surface area contributed by atoms with E-state index in [1.807, 2.05) is 5.38 Å². The Bertz CT molecular complexity index is 558. The van der Waals surface area contributed by atoms with Crippen molar-refractivity contribution in [3.8, 4) is 0 Å². The molecule has 6 heteroatoms. The molecule has 2 heterocycles. The van der Waals surface area contributed by atoms with Crippen molar-refractivity contribution in [1.82, 2.24) is 15.1 Å². The summed E-state index contributed by atoms with van der Waals surface area (Å²) in [6, 6.07) is 2.08. The van der Waals surface area contributed by atoms with Gasteiger partial charge in [-0.3, -0.25) is 9.48 Å². The van der Waals surface area contributed by atoms with Gasteiger partial charge in [-0.2, -0.15) is 5.10 Å². The van der Waals surface area contributed by atoms with Crippen molar-refractivity contribution in [2.75, 3.05) is 5.73 Å². The summed E-state index contributed by atoms with van der Waals surface area (Å²) in [6.45, 7) is 2.62. The Kier molecular flexibility index (Phi) is 3.66. The van der Waals surface area contributed by atoms with Crippen LogP contribution in [-0.4, -0.2) is 15.7 Å². The first-order chi connectivity index (χ1) is 8.61. The maximum atomic E-state index is 11.9. The van der Waals surface area contributed by atoms with Gasteiger partial charge in [0.15, 0.2) is 5.69 Å². The maximum absolute atomic E-state index is 11.9. The smallest absolute Gasteiger partial charge is 0.274 e. The monoisotopic (exact) mass is 264 g/mol. The maximum Gasteiger partial charge on any atom is 0.274 e. The lowest BCUT2D eigenvalue weighted by Gasteiger charge is -2.04. The summed E-state index contributed by atoms with van der Waals surface area (Å²) in [4.78, 5) is 13.1. The number of nitrogens with zero attached hydrogens (tertiary/aromatic N) is 2. The molecule has 5 nitrogen and oxygen atoms in total.